The monoisotopic (exact) mass is 483 g/mol. The Morgan fingerprint density at radius 1 is 1.08 bits per heavy atom. The van der Waals surface area contributed by atoms with Crippen molar-refractivity contribution < 1.29 is 9.53 Å². The van der Waals surface area contributed by atoms with Gasteiger partial charge < -0.3 is 14.6 Å². The van der Waals surface area contributed by atoms with Gasteiger partial charge in [0.2, 0.25) is 0 Å². The number of aromatic nitrogens is 3. The normalized spacial score (nSPS) is 15.7. The molecule has 3 aromatic heterocycles. The van der Waals surface area contributed by atoms with Crippen LogP contribution in [0.5, 0.6) is 0 Å². The average molecular weight is 484 g/mol. The fourth-order valence-corrected chi connectivity index (χ4v) is 5.41. The molecule has 0 aliphatic carbocycles. The van der Waals surface area contributed by atoms with Crippen molar-refractivity contribution in [2.45, 2.75) is 31.7 Å². The maximum atomic E-state index is 11.7. The smallest absolute Gasteiger partial charge is 0.337 e. The van der Waals surface area contributed by atoms with Gasteiger partial charge in [0.15, 0.2) is 0 Å². The van der Waals surface area contributed by atoms with Crippen LogP contribution in [0.25, 0.3) is 22.2 Å². The van der Waals surface area contributed by atoms with Crippen LogP contribution < -0.4 is 5.32 Å². The van der Waals surface area contributed by atoms with Gasteiger partial charge in [-0.3, -0.25) is 4.90 Å². The molecule has 7 nitrogen and oxygen atoms in total. The number of benzene rings is 1. The minimum atomic E-state index is -0.288. The van der Waals surface area contributed by atoms with Crippen LogP contribution >= 0.6 is 0 Å². The van der Waals surface area contributed by atoms with E-state index in [4.69, 9.17) is 9.72 Å². The van der Waals surface area contributed by atoms with Crippen LogP contribution in [0.2, 0.25) is 0 Å². The molecule has 186 valence electrons. The van der Waals surface area contributed by atoms with Gasteiger partial charge in [-0.2, -0.15) is 0 Å². The lowest BCUT2D eigenvalue weighted by atomic mass is 9.88. The average Bonchev–Trinajstić information content (AvgIpc) is 3.29. The number of nitrogens with one attached hydrogen (secondary N) is 1. The number of aryl methyl sites for hydroxylation is 1. The molecule has 5 rings (SSSR count). The Morgan fingerprint density at radius 3 is 2.47 bits per heavy atom. The number of carbonyl (C=O) groups excluding carboxylic acids is 1. The second kappa shape index (κ2) is 10.1. The third-order valence-corrected chi connectivity index (χ3v) is 7.61. The number of likely N-dealkylation sites (tertiary alicyclic amines) is 1. The number of methoxy groups -OCH3 is 1. The number of anilines is 1. The highest BCUT2D eigenvalue weighted by Crippen LogP contribution is 2.36. The van der Waals surface area contributed by atoms with Gasteiger partial charge >= 0.3 is 5.97 Å². The molecule has 0 spiro atoms. The van der Waals surface area contributed by atoms with E-state index < -0.39 is 0 Å². The molecule has 1 atom stereocenters. The Kier molecular flexibility index (Phi) is 6.74. The van der Waals surface area contributed by atoms with Crippen LogP contribution in [0, 0.1) is 0 Å². The number of piperidine rings is 1. The second-order valence-electron chi connectivity index (χ2n) is 9.51. The molecule has 1 aliphatic heterocycles. The van der Waals surface area contributed by atoms with E-state index in [1.165, 1.54) is 18.4 Å². The Labute approximate surface area is 212 Å². The fraction of sp³-hybridized carbons (Fsp3) is 0.345. The summed E-state index contributed by atoms with van der Waals surface area (Å²) in [5.74, 6) is 1.08. The van der Waals surface area contributed by atoms with Crippen molar-refractivity contribution in [3.8, 4) is 11.1 Å². The van der Waals surface area contributed by atoms with Crippen molar-refractivity contribution in [1.29, 1.82) is 0 Å². The van der Waals surface area contributed by atoms with Gasteiger partial charge in [0.05, 0.1) is 12.7 Å². The minimum Gasteiger partial charge on any atom is -0.465 e. The molecule has 4 heterocycles. The van der Waals surface area contributed by atoms with Crippen LogP contribution in [0.1, 0.15) is 53.3 Å². The Morgan fingerprint density at radius 2 is 1.83 bits per heavy atom. The maximum Gasteiger partial charge on any atom is 0.337 e. The third-order valence-electron chi connectivity index (χ3n) is 7.61. The van der Waals surface area contributed by atoms with Gasteiger partial charge in [-0.15, -0.1) is 0 Å². The summed E-state index contributed by atoms with van der Waals surface area (Å²) in [6.07, 6.45) is 5.99. The van der Waals surface area contributed by atoms with E-state index in [2.05, 4.69) is 64.1 Å². The summed E-state index contributed by atoms with van der Waals surface area (Å²) in [7, 11) is 5.41. The van der Waals surface area contributed by atoms with E-state index in [1.54, 1.807) is 0 Å². The summed E-state index contributed by atoms with van der Waals surface area (Å²) in [6, 6.07) is 16.7. The molecule has 4 aromatic rings. The summed E-state index contributed by atoms with van der Waals surface area (Å²) in [5, 5.41) is 4.23. The first-order valence-electron chi connectivity index (χ1n) is 12.5. The molecule has 1 aliphatic rings. The predicted molar refractivity (Wildman–Crippen MR) is 143 cm³/mol. The van der Waals surface area contributed by atoms with Crippen molar-refractivity contribution >= 4 is 22.8 Å². The van der Waals surface area contributed by atoms with Gasteiger partial charge in [-0.05, 0) is 86.3 Å². The van der Waals surface area contributed by atoms with E-state index in [9.17, 15) is 4.79 Å². The zero-order valence-corrected chi connectivity index (χ0v) is 21.4. The van der Waals surface area contributed by atoms with Crippen LogP contribution in [0.15, 0.2) is 60.9 Å². The first-order valence-corrected chi connectivity index (χ1v) is 12.5. The fourth-order valence-electron chi connectivity index (χ4n) is 5.41. The quantitative estimate of drug-likeness (QED) is 0.370. The van der Waals surface area contributed by atoms with Crippen molar-refractivity contribution in [2.24, 2.45) is 7.05 Å². The molecule has 0 amide bonds. The summed E-state index contributed by atoms with van der Waals surface area (Å²) in [6.45, 7) is 4.35. The van der Waals surface area contributed by atoms with Crippen LogP contribution in [0.3, 0.4) is 0 Å². The predicted octanol–water partition coefficient (Wildman–Crippen LogP) is 5.40. The molecule has 1 N–H and O–H groups in total. The lowest BCUT2D eigenvalue weighted by molar-refractivity contribution is 0.0600. The van der Waals surface area contributed by atoms with Gasteiger partial charge in [-0.25, -0.2) is 14.8 Å². The van der Waals surface area contributed by atoms with E-state index >= 15 is 0 Å². The highest BCUT2D eigenvalue weighted by Gasteiger charge is 2.27. The van der Waals surface area contributed by atoms with E-state index in [1.807, 2.05) is 37.6 Å². The first kappa shape index (κ1) is 24.0. The summed E-state index contributed by atoms with van der Waals surface area (Å²) in [5.41, 5.74) is 6.40. The maximum absolute atomic E-state index is 11.7. The van der Waals surface area contributed by atoms with Crippen LogP contribution in [0.4, 0.5) is 5.82 Å². The molecule has 7 heteroatoms. The zero-order valence-electron chi connectivity index (χ0n) is 21.4. The summed E-state index contributed by atoms with van der Waals surface area (Å²) in [4.78, 5) is 23.5. The molecular weight excluding hydrogens is 450 g/mol. The highest BCUT2D eigenvalue weighted by molar-refractivity contribution is 5.94. The van der Waals surface area contributed by atoms with E-state index in [0.29, 0.717) is 11.5 Å². The number of rotatable bonds is 6. The van der Waals surface area contributed by atoms with Crippen molar-refractivity contribution in [3.05, 3.63) is 77.7 Å². The number of carbonyl (C=O) groups is 1. The van der Waals surface area contributed by atoms with Gasteiger partial charge in [0.1, 0.15) is 11.5 Å². The SMILES string of the molecule is CNc1ccc(-c2ccnc3c2cc([C@H](C)N2CCC(c4ccc(C(=O)OC)cc4)CC2)n3C)cn1. The van der Waals surface area contributed by atoms with Crippen molar-refractivity contribution in [3.63, 3.8) is 0 Å². The molecule has 0 saturated carbocycles. The Balaban J connectivity index is 1.33. The molecule has 1 aromatic carbocycles. The van der Waals surface area contributed by atoms with Crippen LogP contribution in [-0.4, -0.2) is 52.7 Å². The third kappa shape index (κ3) is 4.46. The standard InChI is InChI=1S/C29H33N5O2/c1-19(34-15-12-21(13-16-34)20-5-7-22(8-6-20)29(35)36-4)26-17-25-24(11-14-31-28(25)33(26)3)23-9-10-27(30-2)32-18-23/h5-11,14,17-19,21H,12-13,15-16H2,1-4H3,(H,30,32)/t19-/m0/s1. The molecular formula is C29H33N5O2. The minimum absolute atomic E-state index is 0.282. The Bertz CT molecular complexity index is 1350. The lowest BCUT2D eigenvalue weighted by Crippen LogP contribution is -2.35. The molecule has 1 saturated heterocycles. The number of nitrogens with zero attached hydrogens (tertiary/aromatic N) is 4. The molecule has 0 unspecified atom stereocenters. The van der Waals surface area contributed by atoms with E-state index in [0.717, 1.165) is 53.9 Å². The summed E-state index contributed by atoms with van der Waals surface area (Å²) < 4.78 is 7.05. The number of hydrogen-bond donors (Lipinski definition) is 1. The Hall–Kier alpha value is -3.71. The highest BCUT2D eigenvalue weighted by atomic mass is 16.5. The number of pyridine rings is 2. The van der Waals surface area contributed by atoms with Gasteiger partial charge in [0, 0.05) is 49.2 Å². The zero-order chi connectivity index (χ0) is 25.2. The molecule has 0 bridgehead atoms. The first-order chi connectivity index (χ1) is 17.5. The molecule has 1 fully saturated rings. The van der Waals surface area contributed by atoms with Crippen molar-refractivity contribution in [1.82, 2.24) is 19.4 Å². The van der Waals surface area contributed by atoms with Gasteiger partial charge in [0.25, 0.3) is 0 Å². The van der Waals surface area contributed by atoms with Crippen molar-refractivity contribution in [2.75, 3.05) is 32.6 Å². The van der Waals surface area contributed by atoms with E-state index in [-0.39, 0.29) is 12.0 Å². The number of hydrogen-bond acceptors (Lipinski definition) is 6. The topological polar surface area (TPSA) is 72.3 Å². The second-order valence-corrected chi connectivity index (χ2v) is 9.51. The number of esters is 1. The van der Waals surface area contributed by atoms with Crippen LogP contribution in [-0.2, 0) is 11.8 Å². The number of fused-ring (bicyclic) bond motifs is 1. The van der Waals surface area contributed by atoms with Gasteiger partial charge in [-0.1, -0.05) is 12.1 Å². The largest absolute Gasteiger partial charge is 0.465 e. The number of ether oxygens (including phenoxy) is 1. The molecule has 36 heavy (non-hydrogen) atoms. The lowest BCUT2D eigenvalue weighted by Gasteiger charge is -2.36. The summed E-state index contributed by atoms with van der Waals surface area (Å²) >= 11 is 0. The molecule has 0 radical (unpaired) electrons.